The molecule has 0 heterocycles. The van der Waals surface area contributed by atoms with Gasteiger partial charge in [0.25, 0.3) is 5.91 Å². The molecule has 1 aliphatic carbocycles. The van der Waals surface area contributed by atoms with Crippen LogP contribution in [0, 0.1) is 5.92 Å². The Kier molecular flexibility index (Phi) is 4.89. The lowest BCUT2D eigenvalue weighted by Crippen LogP contribution is -2.19. The van der Waals surface area contributed by atoms with Crippen molar-refractivity contribution < 1.29 is 9.59 Å². The Hall–Kier alpha value is -3.47. The summed E-state index contributed by atoms with van der Waals surface area (Å²) in [4.78, 5) is 24.1. The molecule has 1 fully saturated rings. The van der Waals surface area contributed by atoms with Gasteiger partial charge in [0.15, 0.2) is 0 Å². The van der Waals surface area contributed by atoms with Crippen LogP contribution in [0.3, 0.4) is 0 Å². The first kappa shape index (κ1) is 17.9. The van der Waals surface area contributed by atoms with Crippen molar-refractivity contribution in [2.75, 3.05) is 5.32 Å². The summed E-state index contributed by atoms with van der Waals surface area (Å²) in [6.45, 7) is 1.86. The van der Waals surface area contributed by atoms with Gasteiger partial charge in [-0.15, -0.1) is 0 Å². The molecular weight excluding hydrogens is 350 g/mol. The van der Waals surface area contributed by atoms with Crippen LogP contribution < -0.4 is 10.7 Å². The van der Waals surface area contributed by atoms with E-state index in [2.05, 4.69) is 28.0 Å². The van der Waals surface area contributed by atoms with Crippen LogP contribution in [-0.2, 0) is 4.79 Å². The van der Waals surface area contributed by atoms with Crippen molar-refractivity contribution >= 4 is 34.0 Å². The van der Waals surface area contributed by atoms with Gasteiger partial charge in [-0.25, -0.2) is 5.43 Å². The number of carbonyl (C=O) groups excluding carboxylic acids is 2. The summed E-state index contributed by atoms with van der Waals surface area (Å²) in [5.41, 5.74) is 5.46. The molecule has 2 amide bonds. The monoisotopic (exact) mass is 371 g/mol. The van der Waals surface area contributed by atoms with E-state index in [0.717, 1.165) is 34.9 Å². The SMILES string of the molecule is C/C(=N\NC(=O)c1ccc(NC(=O)C2CC2)cc1)c1ccc2ccccc2c1. The predicted molar refractivity (Wildman–Crippen MR) is 111 cm³/mol. The molecule has 5 heteroatoms. The zero-order valence-electron chi connectivity index (χ0n) is 15.6. The van der Waals surface area contributed by atoms with Gasteiger partial charge >= 0.3 is 0 Å². The predicted octanol–water partition coefficient (Wildman–Crippen LogP) is 4.34. The lowest BCUT2D eigenvalue weighted by Gasteiger charge is -2.06. The Morgan fingerprint density at radius 2 is 1.57 bits per heavy atom. The van der Waals surface area contributed by atoms with Gasteiger partial charge in [0, 0.05) is 17.2 Å². The van der Waals surface area contributed by atoms with Gasteiger partial charge in [-0.3, -0.25) is 9.59 Å². The molecule has 0 bridgehead atoms. The molecule has 1 saturated carbocycles. The zero-order chi connectivity index (χ0) is 19.5. The van der Waals surface area contributed by atoms with E-state index in [0.29, 0.717) is 11.3 Å². The highest BCUT2D eigenvalue weighted by Gasteiger charge is 2.29. The van der Waals surface area contributed by atoms with E-state index in [4.69, 9.17) is 0 Å². The van der Waals surface area contributed by atoms with Crippen LogP contribution in [0.1, 0.15) is 35.7 Å². The van der Waals surface area contributed by atoms with Crippen LogP contribution in [0.25, 0.3) is 10.8 Å². The molecule has 2 N–H and O–H groups in total. The van der Waals surface area contributed by atoms with Crippen LogP contribution in [0.2, 0.25) is 0 Å². The molecule has 0 unspecified atom stereocenters. The summed E-state index contributed by atoms with van der Waals surface area (Å²) in [7, 11) is 0. The number of fused-ring (bicyclic) bond motifs is 1. The minimum atomic E-state index is -0.291. The third kappa shape index (κ3) is 4.09. The number of hydrazone groups is 1. The van der Waals surface area contributed by atoms with Crippen LogP contribution in [0.15, 0.2) is 71.8 Å². The van der Waals surface area contributed by atoms with Crippen molar-refractivity contribution in [3.05, 3.63) is 77.9 Å². The number of hydrogen-bond donors (Lipinski definition) is 2. The molecule has 3 aromatic carbocycles. The van der Waals surface area contributed by atoms with Gasteiger partial charge < -0.3 is 5.32 Å². The fourth-order valence-corrected chi connectivity index (χ4v) is 2.97. The molecule has 140 valence electrons. The number of carbonyl (C=O) groups is 2. The van der Waals surface area contributed by atoms with Gasteiger partial charge in [-0.2, -0.15) is 5.10 Å². The first-order chi connectivity index (χ1) is 13.6. The maximum absolute atomic E-state index is 12.3. The smallest absolute Gasteiger partial charge is 0.271 e. The van der Waals surface area contributed by atoms with Crippen LogP contribution in [0.5, 0.6) is 0 Å². The first-order valence-corrected chi connectivity index (χ1v) is 9.35. The Morgan fingerprint density at radius 3 is 2.29 bits per heavy atom. The molecule has 4 rings (SSSR count). The van der Waals surface area contributed by atoms with Crippen molar-refractivity contribution in [1.82, 2.24) is 5.43 Å². The van der Waals surface area contributed by atoms with E-state index in [9.17, 15) is 9.59 Å². The lowest BCUT2D eigenvalue weighted by atomic mass is 10.0. The lowest BCUT2D eigenvalue weighted by molar-refractivity contribution is -0.117. The maximum Gasteiger partial charge on any atom is 0.271 e. The minimum Gasteiger partial charge on any atom is -0.326 e. The number of anilines is 1. The van der Waals surface area contributed by atoms with E-state index >= 15 is 0 Å². The Morgan fingerprint density at radius 1 is 0.893 bits per heavy atom. The zero-order valence-corrected chi connectivity index (χ0v) is 15.6. The quantitative estimate of drug-likeness (QED) is 0.517. The summed E-state index contributed by atoms with van der Waals surface area (Å²) in [6.07, 6.45) is 1.92. The van der Waals surface area contributed by atoms with Crippen LogP contribution in [-0.4, -0.2) is 17.5 Å². The normalized spacial score (nSPS) is 14.0. The molecule has 0 atom stereocenters. The first-order valence-electron chi connectivity index (χ1n) is 9.35. The number of benzene rings is 3. The minimum absolute atomic E-state index is 0.0489. The second-order valence-electron chi connectivity index (χ2n) is 7.04. The Labute approximate surface area is 163 Å². The maximum atomic E-state index is 12.3. The van der Waals surface area contributed by atoms with Crippen LogP contribution >= 0.6 is 0 Å². The fraction of sp³-hybridized carbons (Fsp3) is 0.174. The molecule has 5 nitrogen and oxygen atoms in total. The van der Waals surface area contributed by atoms with Gasteiger partial charge in [0.05, 0.1) is 5.71 Å². The summed E-state index contributed by atoms with van der Waals surface area (Å²) in [5.74, 6) is -0.0941. The molecule has 0 saturated heterocycles. The molecule has 0 aromatic heterocycles. The number of hydrogen-bond acceptors (Lipinski definition) is 3. The van der Waals surface area contributed by atoms with Crippen molar-refractivity contribution in [1.29, 1.82) is 0 Å². The molecule has 0 radical (unpaired) electrons. The summed E-state index contributed by atoms with van der Waals surface area (Å²) in [6, 6.07) is 21.0. The van der Waals surface area contributed by atoms with E-state index in [1.54, 1.807) is 24.3 Å². The number of nitrogens with zero attached hydrogens (tertiary/aromatic N) is 1. The molecule has 0 aliphatic heterocycles. The summed E-state index contributed by atoms with van der Waals surface area (Å²) >= 11 is 0. The molecule has 3 aromatic rings. The molecule has 0 spiro atoms. The van der Waals surface area contributed by atoms with Crippen molar-refractivity contribution in [3.63, 3.8) is 0 Å². The second kappa shape index (κ2) is 7.64. The van der Waals surface area contributed by atoms with E-state index in [1.807, 2.05) is 37.3 Å². The van der Waals surface area contributed by atoms with E-state index < -0.39 is 0 Å². The van der Waals surface area contributed by atoms with Gasteiger partial charge in [-0.1, -0.05) is 36.4 Å². The topological polar surface area (TPSA) is 70.6 Å². The standard InChI is InChI=1S/C23H21N3O2/c1-15(19-9-6-16-4-2-3-5-20(16)14-19)25-26-23(28)18-10-12-21(13-11-18)24-22(27)17-7-8-17/h2-6,9-14,17H,7-8H2,1H3,(H,24,27)(H,26,28)/b25-15+. The van der Waals surface area contributed by atoms with Crippen LogP contribution in [0.4, 0.5) is 5.69 Å². The third-order valence-electron chi connectivity index (χ3n) is 4.86. The van der Waals surface area contributed by atoms with E-state index in [1.165, 1.54) is 0 Å². The second-order valence-corrected chi connectivity index (χ2v) is 7.04. The third-order valence-corrected chi connectivity index (χ3v) is 4.86. The highest BCUT2D eigenvalue weighted by molar-refractivity contribution is 6.03. The van der Waals surface area contributed by atoms with E-state index in [-0.39, 0.29) is 17.7 Å². The highest BCUT2D eigenvalue weighted by Crippen LogP contribution is 2.30. The van der Waals surface area contributed by atoms with Crippen molar-refractivity contribution in [2.24, 2.45) is 11.0 Å². The number of amides is 2. The van der Waals surface area contributed by atoms with Crippen molar-refractivity contribution in [3.8, 4) is 0 Å². The van der Waals surface area contributed by atoms with Gasteiger partial charge in [0.1, 0.15) is 0 Å². The van der Waals surface area contributed by atoms with Crippen molar-refractivity contribution in [2.45, 2.75) is 19.8 Å². The molecular formula is C23H21N3O2. The summed E-state index contributed by atoms with van der Waals surface area (Å²) < 4.78 is 0. The van der Waals surface area contributed by atoms with Gasteiger partial charge in [-0.05, 0) is 66.4 Å². The average Bonchev–Trinajstić information content (AvgIpc) is 3.57. The number of nitrogens with one attached hydrogen (secondary N) is 2. The fourth-order valence-electron chi connectivity index (χ4n) is 2.97. The highest BCUT2D eigenvalue weighted by atomic mass is 16.2. The summed E-state index contributed by atoms with van der Waals surface area (Å²) in [5, 5.41) is 9.38. The molecule has 28 heavy (non-hydrogen) atoms. The average molecular weight is 371 g/mol. The Balaban J connectivity index is 1.41. The largest absolute Gasteiger partial charge is 0.326 e. The number of rotatable bonds is 5. The molecule has 1 aliphatic rings. The van der Waals surface area contributed by atoms with Gasteiger partial charge in [0.2, 0.25) is 5.91 Å². The Bertz CT molecular complexity index is 1070.